The number of carbonyl (C=O) groups is 3. The Balaban J connectivity index is 0.000000216. The number of aromatic nitrogens is 6. The highest BCUT2D eigenvalue weighted by Gasteiger charge is 2.26. The number of nitrogens with zero attached hydrogens (tertiary/aromatic N) is 6. The molecule has 0 aliphatic rings. The number of rotatable bonds is 11. The van der Waals surface area contributed by atoms with E-state index in [-0.39, 0.29) is 34.4 Å². The monoisotopic (exact) mass is 1070 g/mol. The number of methoxy groups -OCH3 is 1. The van der Waals surface area contributed by atoms with Crippen molar-refractivity contribution >= 4 is 102 Å². The van der Waals surface area contributed by atoms with E-state index in [9.17, 15) is 27.6 Å². The van der Waals surface area contributed by atoms with Crippen LogP contribution in [0.1, 0.15) is 42.8 Å². The number of aromatic carboxylic acids is 1. The van der Waals surface area contributed by atoms with Gasteiger partial charge < -0.3 is 28.8 Å². The Morgan fingerprint density at radius 3 is 2.31 bits per heavy atom. The zero-order valence-electron chi connectivity index (χ0n) is 33.8. The summed E-state index contributed by atoms with van der Waals surface area (Å²) < 4.78 is 48.5. The summed E-state index contributed by atoms with van der Waals surface area (Å²) in [4.78, 5) is 60.6. The number of terminal acetylenes is 1. The number of nitrogens with one attached hydrogen (secondary N) is 2. The number of hydrogen-bond acceptors (Lipinski definition) is 15. The molecule has 336 valence electrons. The lowest BCUT2D eigenvalue weighted by atomic mass is 9.97. The van der Waals surface area contributed by atoms with Crippen molar-refractivity contribution in [3.63, 3.8) is 0 Å². The number of aliphatic carboxylic acids is 1. The van der Waals surface area contributed by atoms with Gasteiger partial charge in [-0.1, -0.05) is 61.5 Å². The lowest BCUT2D eigenvalue weighted by Gasteiger charge is -2.11. The maximum atomic E-state index is 12.4. The third kappa shape index (κ3) is 13.6. The van der Waals surface area contributed by atoms with Gasteiger partial charge in [0, 0.05) is 26.6 Å². The molecule has 0 spiro atoms. The average Bonchev–Trinajstić information content (AvgIpc) is 3.62. The van der Waals surface area contributed by atoms with E-state index in [4.69, 9.17) is 70.1 Å². The summed E-state index contributed by atoms with van der Waals surface area (Å²) in [6.07, 6.45) is 6.76. The number of benzene rings is 3. The van der Waals surface area contributed by atoms with Crippen LogP contribution in [0.4, 0.5) is 10.7 Å². The molecule has 0 bridgehead atoms. The molecule has 3 aromatic carbocycles. The number of carboxylic acids is 2. The second-order valence-electron chi connectivity index (χ2n) is 13.4. The first-order valence-corrected chi connectivity index (χ1v) is 21.4. The van der Waals surface area contributed by atoms with Crippen LogP contribution in [0.5, 0.6) is 17.5 Å². The number of anilines is 1. The van der Waals surface area contributed by atoms with Crippen molar-refractivity contribution in [1.82, 2.24) is 34.4 Å². The first-order valence-electron chi connectivity index (χ1n) is 17.7. The van der Waals surface area contributed by atoms with Crippen molar-refractivity contribution in [1.29, 1.82) is 0 Å². The summed E-state index contributed by atoms with van der Waals surface area (Å²) in [5.41, 5.74) is -0.00599. The molecule has 6 rings (SSSR count). The Kier molecular flexibility index (Phi) is 17.2. The van der Waals surface area contributed by atoms with Crippen molar-refractivity contribution in [2.45, 2.75) is 38.0 Å². The van der Waals surface area contributed by atoms with Crippen molar-refractivity contribution in [2.75, 3.05) is 25.6 Å². The van der Waals surface area contributed by atoms with E-state index in [2.05, 4.69) is 36.3 Å². The zero-order chi connectivity index (χ0) is 47.5. The average molecular weight is 1070 g/mol. The lowest BCUT2D eigenvalue weighted by molar-refractivity contribution is -0.139. The standard InChI is InChI=1S/C15H14Cl2N2O3.C13H12IN5O6S.C11H8ClNO3/c1-5-6-21-12-8-11(9(16)7-10(12)17)19-14(20)22-13(18-19)15(2,3)4;1-6-15-11(18-13(16-6)25-2)17-12(22)19-26(23,24)9-5-7(14)3-4-8(9)10(20)21;12-8-3-4-9(16-6-10(14)15)11-7(8)2-1-5-13-11/h1,7-8H,6H2,2-4H3;3-5H,1-2H3,(H,20,21)(H2,15,16,17,18,19,22);1-5H,6H2,(H,14,15). The normalized spacial score (nSPS) is 10.9. The Morgan fingerprint density at radius 1 is 0.969 bits per heavy atom. The number of halogens is 4. The fourth-order valence-corrected chi connectivity index (χ4v) is 7.38. The summed E-state index contributed by atoms with van der Waals surface area (Å²) in [7, 11) is -3.14. The van der Waals surface area contributed by atoms with Crippen LogP contribution in [0.2, 0.25) is 15.1 Å². The van der Waals surface area contributed by atoms with E-state index in [0.717, 1.165) is 22.2 Å². The van der Waals surface area contributed by atoms with Gasteiger partial charge in [0.05, 0.1) is 33.4 Å². The van der Waals surface area contributed by atoms with Gasteiger partial charge in [0.25, 0.3) is 10.0 Å². The molecular weight excluding hydrogens is 1040 g/mol. The highest BCUT2D eigenvalue weighted by Crippen LogP contribution is 2.33. The molecule has 0 aliphatic carbocycles. The number of aryl methyl sites for hydroxylation is 1. The van der Waals surface area contributed by atoms with Crippen LogP contribution in [0.3, 0.4) is 0 Å². The zero-order valence-corrected chi connectivity index (χ0v) is 39.1. The molecule has 20 nitrogen and oxygen atoms in total. The van der Waals surface area contributed by atoms with Crippen LogP contribution < -0.4 is 30.0 Å². The number of amides is 2. The van der Waals surface area contributed by atoms with E-state index < -0.39 is 56.2 Å². The first kappa shape index (κ1) is 50.4. The maximum Gasteiger partial charge on any atom is 0.442 e. The molecule has 6 aromatic rings. The molecule has 4 N–H and O–H groups in total. The highest BCUT2D eigenvalue weighted by molar-refractivity contribution is 14.1. The number of carbonyl (C=O) groups excluding carboxylic acids is 1. The molecule has 0 radical (unpaired) electrons. The smallest absolute Gasteiger partial charge is 0.442 e. The predicted octanol–water partition coefficient (Wildman–Crippen LogP) is 6.80. The van der Waals surface area contributed by atoms with Gasteiger partial charge in [0.2, 0.25) is 11.8 Å². The Hall–Kier alpha value is -6.26. The summed E-state index contributed by atoms with van der Waals surface area (Å²) in [5.74, 6) is 0.256. The fraction of sp³-hybridized carbons (Fsp3) is 0.205. The van der Waals surface area contributed by atoms with Gasteiger partial charge in [-0.15, -0.1) is 11.5 Å². The molecule has 3 heterocycles. The SMILES string of the molecule is C#CCOc1cc(-n2nc(C(C)(C)C)oc2=O)c(Cl)cc1Cl.COc1nc(C)nc(NC(=O)NS(=O)(=O)c2cc(I)ccc2C(=O)O)n1.O=C(O)COc1ccc(Cl)c2cccnc12. The van der Waals surface area contributed by atoms with Crippen molar-refractivity contribution < 1.29 is 51.6 Å². The Labute approximate surface area is 392 Å². The number of carboxylic acid groups (broad SMARTS) is 2. The van der Waals surface area contributed by atoms with E-state index in [1.165, 1.54) is 32.2 Å². The minimum Gasteiger partial charge on any atom is -0.480 e. The molecule has 0 aliphatic heterocycles. The number of ether oxygens (including phenoxy) is 3. The minimum atomic E-state index is -4.45. The fourth-order valence-electron chi connectivity index (χ4n) is 4.82. The third-order valence-electron chi connectivity index (χ3n) is 7.59. The molecule has 0 unspecified atom stereocenters. The van der Waals surface area contributed by atoms with Gasteiger partial charge in [-0.05, 0) is 78.0 Å². The second kappa shape index (κ2) is 21.9. The maximum absolute atomic E-state index is 12.4. The summed E-state index contributed by atoms with van der Waals surface area (Å²) in [5, 5.41) is 25.8. The van der Waals surface area contributed by atoms with Crippen LogP contribution in [0.15, 0.2) is 74.9 Å². The number of fused-ring (bicyclic) bond motifs is 1. The van der Waals surface area contributed by atoms with Crippen molar-refractivity contribution in [3.8, 4) is 35.5 Å². The molecule has 64 heavy (non-hydrogen) atoms. The van der Waals surface area contributed by atoms with Gasteiger partial charge in [0.15, 0.2) is 6.61 Å². The molecule has 25 heteroatoms. The van der Waals surface area contributed by atoms with Crippen molar-refractivity contribution in [3.05, 3.63) is 107 Å². The largest absolute Gasteiger partial charge is 0.480 e. The number of pyridine rings is 1. The van der Waals surface area contributed by atoms with Gasteiger partial charge in [-0.3, -0.25) is 10.3 Å². The topological polar surface area (TPSA) is 277 Å². The summed E-state index contributed by atoms with van der Waals surface area (Å²) >= 11 is 20.0. The van der Waals surface area contributed by atoms with Crippen LogP contribution in [0, 0.1) is 22.8 Å². The first-order chi connectivity index (χ1) is 30.0. The quantitative estimate of drug-likeness (QED) is 0.0767. The van der Waals surface area contributed by atoms with Gasteiger partial charge in [-0.25, -0.2) is 32.3 Å². The predicted molar refractivity (Wildman–Crippen MR) is 242 cm³/mol. The van der Waals surface area contributed by atoms with E-state index in [1.54, 1.807) is 35.2 Å². The van der Waals surface area contributed by atoms with Gasteiger partial charge >= 0.3 is 29.7 Å². The second-order valence-corrected chi connectivity index (χ2v) is 17.5. The number of urea groups is 1. The van der Waals surface area contributed by atoms with Crippen LogP contribution >= 0.6 is 57.4 Å². The molecule has 0 saturated heterocycles. The molecular formula is C39H34Cl3IN8O12S. The minimum absolute atomic E-state index is 0.0434. The molecule has 0 atom stereocenters. The molecule has 0 saturated carbocycles. The Morgan fingerprint density at radius 2 is 1.69 bits per heavy atom. The molecule has 3 aromatic heterocycles. The van der Waals surface area contributed by atoms with Crippen LogP contribution in [-0.4, -0.2) is 86.6 Å². The highest BCUT2D eigenvalue weighted by atomic mass is 127. The summed E-state index contributed by atoms with van der Waals surface area (Å²) in [6.45, 7) is 6.82. The lowest BCUT2D eigenvalue weighted by Crippen LogP contribution is -2.35. The third-order valence-corrected chi connectivity index (χ3v) is 10.6. The number of hydrogen-bond donors (Lipinski definition) is 4. The van der Waals surface area contributed by atoms with Crippen molar-refractivity contribution in [2.24, 2.45) is 0 Å². The van der Waals surface area contributed by atoms with Crippen LogP contribution in [0.25, 0.3) is 16.6 Å². The number of sulfonamides is 1. The van der Waals surface area contributed by atoms with Crippen LogP contribution in [-0.2, 0) is 20.2 Å². The van der Waals surface area contributed by atoms with E-state index in [0.29, 0.717) is 37.2 Å². The Bertz CT molecular complexity index is 2940. The van der Waals surface area contributed by atoms with Gasteiger partial charge in [-0.2, -0.15) is 19.6 Å². The summed E-state index contributed by atoms with van der Waals surface area (Å²) in [6, 6.07) is 12.3. The van der Waals surface area contributed by atoms with Gasteiger partial charge in [0.1, 0.15) is 34.3 Å². The molecule has 2 amide bonds. The molecule has 0 fully saturated rings. The van der Waals surface area contributed by atoms with E-state index in [1.807, 2.05) is 43.4 Å². The van der Waals surface area contributed by atoms with E-state index >= 15 is 0 Å².